The molecule has 0 heterocycles. The van der Waals surface area contributed by atoms with Crippen molar-refractivity contribution >= 4 is 5.91 Å². The molecule has 0 spiro atoms. The summed E-state index contributed by atoms with van der Waals surface area (Å²) in [6.07, 6.45) is -0.897. The third-order valence-corrected chi connectivity index (χ3v) is 3.37. The second kappa shape index (κ2) is 7.68. The molecule has 2 rings (SSSR count). The molecule has 22 heavy (non-hydrogen) atoms. The number of halogens is 1. The zero-order valence-corrected chi connectivity index (χ0v) is 12.3. The Morgan fingerprint density at radius 2 is 1.86 bits per heavy atom. The van der Waals surface area contributed by atoms with E-state index in [9.17, 15) is 14.3 Å². The second-order valence-electron chi connectivity index (χ2n) is 4.94. The average molecular weight is 302 g/mol. The quantitative estimate of drug-likeness (QED) is 0.765. The van der Waals surface area contributed by atoms with E-state index in [0.717, 1.165) is 5.56 Å². The van der Waals surface area contributed by atoms with Crippen LogP contribution in [0.3, 0.4) is 0 Å². The monoisotopic (exact) mass is 302 g/mol. The molecule has 1 unspecified atom stereocenters. The Balaban J connectivity index is 1.86. The summed E-state index contributed by atoms with van der Waals surface area (Å²) in [5.74, 6) is -0.541. The first-order chi connectivity index (χ1) is 10.6. The predicted molar refractivity (Wildman–Crippen MR) is 82.9 cm³/mol. The van der Waals surface area contributed by atoms with Gasteiger partial charge in [-0.2, -0.15) is 0 Å². The van der Waals surface area contributed by atoms with Crippen LogP contribution >= 0.6 is 0 Å². The minimum Gasteiger partial charge on any atom is -0.387 e. The molecule has 0 saturated carbocycles. The van der Waals surface area contributed by atoms with Crippen molar-refractivity contribution in [1.29, 1.82) is 0 Å². The lowest BCUT2D eigenvalue weighted by atomic mass is 10.1. The maximum Gasteiger partial charge on any atom is 0.251 e. The summed E-state index contributed by atoms with van der Waals surface area (Å²) in [4.78, 5) is 11.4. The van der Waals surface area contributed by atoms with E-state index in [1.165, 1.54) is 6.07 Å². The van der Waals surface area contributed by atoms with Crippen LogP contribution in [0.4, 0.5) is 4.39 Å². The maximum absolute atomic E-state index is 13.5. The molecule has 0 bridgehead atoms. The van der Waals surface area contributed by atoms with Gasteiger partial charge in [0, 0.05) is 31.3 Å². The topological polar surface area (TPSA) is 61.4 Å². The summed E-state index contributed by atoms with van der Waals surface area (Å²) in [5, 5.41) is 15.6. The van der Waals surface area contributed by atoms with Gasteiger partial charge in [0.15, 0.2) is 0 Å². The van der Waals surface area contributed by atoms with E-state index >= 15 is 0 Å². The molecule has 0 aliphatic heterocycles. The molecule has 116 valence electrons. The molecular weight excluding hydrogens is 283 g/mol. The van der Waals surface area contributed by atoms with Crippen molar-refractivity contribution in [1.82, 2.24) is 10.6 Å². The summed E-state index contributed by atoms with van der Waals surface area (Å²) in [6.45, 7) is 0.775. The number of amides is 1. The van der Waals surface area contributed by atoms with E-state index in [1.54, 1.807) is 37.4 Å². The van der Waals surface area contributed by atoms with E-state index in [2.05, 4.69) is 10.6 Å². The Morgan fingerprint density at radius 3 is 2.50 bits per heavy atom. The first-order valence-electron chi connectivity index (χ1n) is 7.06. The number of nitrogens with one attached hydrogen (secondary N) is 2. The largest absolute Gasteiger partial charge is 0.387 e. The third kappa shape index (κ3) is 4.13. The second-order valence-corrected chi connectivity index (χ2v) is 4.94. The molecule has 0 fully saturated rings. The van der Waals surface area contributed by atoms with Gasteiger partial charge in [-0.05, 0) is 23.8 Å². The van der Waals surface area contributed by atoms with Crippen molar-refractivity contribution in [2.75, 3.05) is 13.6 Å². The van der Waals surface area contributed by atoms with Crippen molar-refractivity contribution in [3.05, 3.63) is 71.0 Å². The molecule has 1 amide bonds. The van der Waals surface area contributed by atoms with E-state index in [1.807, 2.05) is 12.1 Å². The molecule has 0 aliphatic rings. The van der Waals surface area contributed by atoms with E-state index in [4.69, 9.17) is 0 Å². The average Bonchev–Trinajstić information content (AvgIpc) is 2.55. The highest BCUT2D eigenvalue weighted by Crippen LogP contribution is 2.15. The van der Waals surface area contributed by atoms with Crippen molar-refractivity contribution < 1.29 is 14.3 Å². The molecule has 1 atom stereocenters. The summed E-state index contributed by atoms with van der Waals surface area (Å²) in [5.41, 5.74) is 1.86. The minimum absolute atomic E-state index is 0.130. The number of aliphatic hydroxyl groups is 1. The number of carbonyl (C=O) groups is 1. The fraction of sp³-hybridized carbons (Fsp3) is 0.235. The lowest BCUT2D eigenvalue weighted by Crippen LogP contribution is -2.22. The van der Waals surface area contributed by atoms with E-state index in [0.29, 0.717) is 12.1 Å². The standard InChI is InChI=1S/C17H19FN2O2/c1-19-17(22)13-8-6-12(7-9-13)10-20-11-16(21)14-4-2-3-5-15(14)18/h2-9,16,20-21H,10-11H2,1H3,(H,19,22). The zero-order chi connectivity index (χ0) is 15.9. The van der Waals surface area contributed by atoms with Gasteiger partial charge in [0.1, 0.15) is 5.82 Å². The number of rotatable bonds is 6. The maximum atomic E-state index is 13.5. The van der Waals surface area contributed by atoms with Gasteiger partial charge in [-0.3, -0.25) is 4.79 Å². The van der Waals surface area contributed by atoms with Crippen molar-refractivity contribution in [2.24, 2.45) is 0 Å². The Morgan fingerprint density at radius 1 is 1.18 bits per heavy atom. The summed E-state index contributed by atoms with van der Waals surface area (Å²) in [7, 11) is 1.59. The SMILES string of the molecule is CNC(=O)c1ccc(CNCC(O)c2ccccc2F)cc1. The van der Waals surface area contributed by atoms with Crippen molar-refractivity contribution in [3.63, 3.8) is 0 Å². The molecule has 5 heteroatoms. The van der Waals surface area contributed by atoms with E-state index in [-0.39, 0.29) is 18.0 Å². The number of benzene rings is 2. The van der Waals surface area contributed by atoms with Gasteiger partial charge in [-0.1, -0.05) is 30.3 Å². The molecular formula is C17H19FN2O2. The van der Waals surface area contributed by atoms with Gasteiger partial charge in [-0.25, -0.2) is 4.39 Å². The Labute approximate surface area is 129 Å². The highest BCUT2D eigenvalue weighted by Gasteiger charge is 2.11. The van der Waals surface area contributed by atoms with Crippen LogP contribution in [0, 0.1) is 5.82 Å². The fourth-order valence-electron chi connectivity index (χ4n) is 2.13. The Bertz CT molecular complexity index is 629. The van der Waals surface area contributed by atoms with Crippen LogP contribution in [0.25, 0.3) is 0 Å². The molecule has 0 aromatic heterocycles. The summed E-state index contributed by atoms with van der Waals surface area (Å²) >= 11 is 0. The van der Waals surface area contributed by atoms with Crippen LogP contribution in [-0.2, 0) is 6.54 Å². The van der Waals surface area contributed by atoms with Gasteiger partial charge in [0.05, 0.1) is 6.10 Å². The number of aliphatic hydroxyl groups excluding tert-OH is 1. The fourth-order valence-corrected chi connectivity index (χ4v) is 2.13. The molecule has 3 N–H and O–H groups in total. The molecule has 0 aliphatic carbocycles. The van der Waals surface area contributed by atoms with Crippen LogP contribution in [0.1, 0.15) is 27.6 Å². The molecule has 2 aromatic rings. The van der Waals surface area contributed by atoms with Gasteiger partial charge in [-0.15, -0.1) is 0 Å². The minimum atomic E-state index is -0.897. The predicted octanol–water partition coefficient (Wildman–Crippen LogP) is 2.01. The van der Waals surface area contributed by atoms with Gasteiger partial charge in [0.2, 0.25) is 0 Å². The molecule has 2 aromatic carbocycles. The number of hydrogen-bond donors (Lipinski definition) is 3. The highest BCUT2D eigenvalue weighted by molar-refractivity contribution is 5.93. The van der Waals surface area contributed by atoms with Crippen LogP contribution in [-0.4, -0.2) is 24.6 Å². The van der Waals surface area contributed by atoms with Crippen molar-refractivity contribution in [2.45, 2.75) is 12.6 Å². The molecule has 0 radical (unpaired) electrons. The first kappa shape index (κ1) is 16.1. The van der Waals surface area contributed by atoms with Crippen LogP contribution in [0.15, 0.2) is 48.5 Å². The van der Waals surface area contributed by atoms with Gasteiger partial charge >= 0.3 is 0 Å². The van der Waals surface area contributed by atoms with Gasteiger partial charge < -0.3 is 15.7 Å². The normalized spacial score (nSPS) is 12.0. The Kier molecular flexibility index (Phi) is 5.63. The van der Waals surface area contributed by atoms with Gasteiger partial charge in [0.25, 0.3) is 5.91 Å². The first-order valence-corrected chi connectivity index (χ1v) is 7.06. The smallest absolute Gasteiger partial charge is 0.251 e. The van der Waals surface area contributed by atoms with E-state index < -0.39 is 11.9 Å². The third-order valence-electron chi connectivity index (χ3n) is 3.37. The lowest BCUT2D eigenvalue weighted by Gasteiger charge is -2.13. The highest BCUT2D eigenvalue weighted by atomic mass is 19.1. The Hall–Kier alpha value is -2.24. The number of carbonyl (C=O) groups excluding carboxylic acids is 1. The van der Waals surface area contributed by atoms with Crippen molar-refractivity contribution in [3.8, 4) is 0 Å². The van der Waals surface area contributed by atoms with Crippen LogP contribution in [0.5, 0.6) is 0 Å². The summed E-state index contributed by atoms with van der Waals surface area (Å²) in [6, 6.07) is 13.3. The molecule has 0 saturated heterocycles. The molecule has 4 nitrogen and oxygen atoms in total. The summed E-state index contributed by atoms with van der Waals surface area (Å²) < 4.78 is 13.5. The lowest BCUT2D eigenvalue weighted by molar-refractivity contribution is 0.0963. The zero-order valence-electron chi connectivity index (χ0n) is 12.3. The van der Waals surface area contributed by atoms with Crippen LogP contribution in [0.2, 0.25) is 0 Å². The number of hydrogen-bond acceptors (Lipinski definition) is 3. The van der Waals surface area contributed by atoms with Crippen LogP contribution < -0.4 is 10.6 Å².